The topological polar surface area (TPSA) is 24.0 Å². The molecule has 1 N–H and O–H groups in total. The number of fused-ring (bicyclic) bond motifs is 1. The minimum Gasteiger partial charge on any atom is -0.331 e. The molecule has 18 heavy (non-hydrogen) atoms. The lowest BCUT2D eigenvalue weighted by atomic mass is 10.2. The van der Waals surface area contributed by atoms with Crippen molar-refractivity contribution in [2.24, 2.45) is 0 Å². The fourth-order valence-electron chi connectivity index (χ4n) is 2.11. The molecule has 0 radical (unpaired) electrons. The van der Waals surface area contributed by atoms with Crippen molar-refractivity contribution < 1.29 is 4.39 Å². The van der Waals surface area contributed by atoms with E-state index in [0.29, 0.717) is 4.77 Å². The monoisotopic (exact) mass is 267 g/mol. The summed E-state index contributed by atoms with van der Waals surface area (Å²) in [6, 6.07) is 4.96. The van der Waals surface area contributed by atoms with Crippen LogP contribution in [0.3, 0.4) is 0 Å². The summed E-state index contributed by atoms with van der Waals surface area (Å²) in [5.74, 6) is -0.231. The normalized spacial score (nSPS) is 13.4. The van der Waals surface area contributed by atoms with Crippen LogP contribution in [-0.2, 0) is 0 Å². The quantitative estimate of drug-likeness (QED) is 0.859. The number of H-pyrrole nitrogens is 1. The van der Waals surface area contributed by atoms with Gasteiger partial charge in [0, 0.05) is 6.04 Å². The summed E-state index contributed by atoms with van der Waals surface area (Å²) in [5.41, 5.74) is 1.73. The summed E-state index contributed by atoms with van der Waals surface area (Å²) in [5, 5.41) is 0. The molecule has 1 unspecified atom stereocenters. The summed E-state index contributed by atoms with van der Waals surface area (Å²) in [4.78, 5) is 5.25. The zero-order valence-corrected chi connectivity index (χ0v) is 11.7. The van der Waals surface area contributed by atoms with Crippen LogP contribution >= 0.6 is 12.2 Å². The molecule has 1 atom stereocenters. The van der Waals surface area contributed by atoms with Crippen molar-refractivity contribution >= 4 is 23.3 Å². The number of aromatic nitrogens is 2. The van der Waals surface area contributed by atoms with E-state index in [-0.39, 0.29) is 11.9 Å². The Hall–Kier alpha value is -1.20. The van der Waals surface area contributed by atoms with E-state index in [1.54, 1.807) is 6.07 Å². The number of nitrogens with one attached hydrogen (secondary N) is 1. The second-order valence-corrected chi connectivity index (χ2v) is 5.29. The first-order valence-corrected chi connectivity index (χ1v) is 6.44. The smallest absolute Gasteiger partial charge is 0.178 e. The van der Waals surface area contributed by atoms with Gasteiger partial charge in [-0.25, -0.2) is 4.39 Å². The van der Waals surface area contributed by atoms with Gasteiger partial charge in [-0.05, 0) is 64.4 Å². The number of rotatable bonds is 4. The lowest BCUT2D eigenvalue weighted by Crippen LogP contribution is -2.17. The third-order valence-corrected chi connectivity index (χ3v) is 3.41. The SMILES string of the molecule is CC(CCN(C)C)n1c(=S)[nH]c2ccc(F)cc21. The van der Waals surface area contributed by atoms with Gasteiger partial charge in [0.1, 0.15) is 5.82 Å². The Morgan fingerprint density at radius 2 is 2.17 bits per heavy atom. The van der Waals surface area contributed by atoms with Crippen LogP contribution in [0.15, 0.2) is 18.2 Å². The molecule has 0 aliphatic carbocycles. The van der Waals surface area contributed by atoms with Gasteiger partial charge < -0.3 is 14.5 Å². The molecular formula is C13H18FN3S. The van der Waals surface area contributed by atoms with Crippen LogP contribution in [0.25, 0.3) is 11.0 Å². The van der Waals surface area contributed by atoms with E-state index in [4.69, 9.17) is 12.2 Å². The maximum Gasteiger partial charge on any atom is 0.178 e. The average Bonchev–Trinajstić information content (AvgIpc) is 2.61. The predicted octanol–water partition coefficient (Wildman–Crippen LogP) is 3.35. The Balaban J connectivity index is 2.40. The van der Waals surface area contributed by atoms with Crippen LogP contribution in [-0.4, -0.2) is 35.1 Å². The van der Waals surface area contributed by atoms with Crippen LogP contribution in [0.1, 0.15) is 19.4 Å². The number of aromatic amines is 1. The second-order valence-electron chi connectivity index (χ2n) is 4.90. The van der Waals surface area contributed by atoms with Crippen LogP contribution in [0.4, 0.5) is 4.39 Å². The fourth-order valence-corrected chi connectivity index (χ4v) is 2.49. The number of hydrogen-bond acceptors (Lipinski definition) is 2. The first kappa shape index (κ1) is 13.2. The predicted molar refractivity (Wildman–Crippen MR) is 75.0 cm³/mol. The summed E-state index contributed by atoms with van der Waals surface area (Å²) < 4.78 is 16.0. The van der Waals surface area contributed by atoms with Gasteiger partial charge in [0.2, 0.25) is 0 Å². The molecule has 0 aliphatic heterocycles. The largest absolute Gasteiger partial charge is 0.331 e. The Morgan fingerprint density at radius 1 is 1.44 bits per heavy atom. The van der Waals surface area contributed by atoms with E-state index < -0.39 is 0 Å². The highest BCUT2D eigenvalue weighted by molar-refractivity contribution is 7.71. The Morgan fingerprint density at radius 3 is 2.83 bits per heavy atom. The summed E-state index contributed by atoms with van der Waals surface area (Å²) in [6.07, 6.45) is 0.977. The van der Waals surface area contributed by atoms with Gasteiger partial charge in [0.25, 0.3) is 0 Å². The summed E-state index contributed by atoms with van der Waals surface area (Å²) in [7, 11) is 4.09. The molecule has 1 aromatic heterocycles. The lowest BCUT2D eigenvalue weighted by molar-refractivity contribution is 0.359. The number of hydrogen-bond donors (Lipinski definition) is 1. The Labute approximate surface area is 111 Å². The number of nitrogens with zero attached hydrogens (tertiary/aromatic N) is 2. The maximum atomic E-state index is 13.3. The first-order chi connectivity index (χ1) is 8.49. The number of halogens is 1. The molecule has 0 fully saturated rings. The third-order valence-electron chi connectivity index (χ3n) is 3.11. The van der Waals surface area contributed by atoms with Crippen molar-refractivity contribution in [2.75, 3.05) is 20.6 Å². The molecule has 0 amide bonds. The Kier molecular flexibility index (Phi) is 3.82. The molecule has 0 aliphatic rings. The molecule has 2 aromatic rings. The maximum absolute atomic E-state index is 13.3. The van der Waals surface area contributed by atoms with Crippen LogP contribution in [0.2, 0.25) is 0 Å². The van der Waals surface area contributed by atoms with Crippen molar-refractivity contribution in [1.82, 2.24) is 14.5 Å². The van der Waals surface area contributed by atoms with Gasteiger partial charge in [-0.1, -0.05) is 0 Å². The molecule has 0 spiro atoms. The standard InChI is InChI=1S/C13H18FN3S/c1-9(6-7-16(2)3)17-12-8-10(14)4-5-11(12)15-13(17)18/h4-5,8-9H,6-7H2,1-3H3,(H,15,18). The summed E-state index contributed by atoms with van der Waals surface area (Å²) in [6.45, 7) is 3.09. The molecule has 3 nitrogen and oxygen atoms in total. The molecule has 98 valence electrons. The van der Waals surface area contributed by atoms with E-state index >= 15 is 0 Å². The molecule has 0 saturated heterocycles. The minimum absolute atomic E-state index is 0.231. The van der Waals surface area contributed by atoms with Crippen molar-refractivity contribution in [3.05, 3.63) is 28.8 Å². The van der Waals surface area contributed by atoms with Crippen molar-refractivity contribution in [2.45, 2.75) is 19.4 Å². The van der Waals surface area contributed by atoms with Crippen molar-refractivity contribution in [3.63, 3.8) is 0 Å². The fraction of sp³-hybridized carbons (Fsp3) is 0.462. The molecule has 0 saturated carbocycles. The molecule has 1 aromatic carbocycles. The molecular weight excluding hydrogens is 249 g/mol. The lowest BCUT2D eigenvalue weighted by Gasteiger charge is -2.17. The number of benzene rings is 1. The number of imidazole rings is 1. The average molecular weight is 267 g/mol. The van der Waals surface area contributed by atoms with E-state index in [1.807, 2.05) is 18.7 Å². The van der Waals surface area contributed by atoms with Gasteiger partial charge in [0.05, 0.1) is 11.0 Å². The van der Waals surface area contributed by atoms with Crippen LogP contribution in [0, 0.1) is 10.6 Å². The van der Waals surface area contributed by atoms with E-state index in [2.05, 4.69) is 16.8 Å². The second kappa shape index (κ2) is 5.20. The van der Waals surface area contributed by atoms with E-state index in [0.717, 1.165) is 24.0 Å². The van der Waals surface area contributed by atoms with E-state index in [9.17, 15) is 4.39 Å². The van der Waals surface area contributed by atoms with Gasteiger partial charge in [0.15, 0.2) is 4.77 Å². The van der Waals surface area contributed by atoms with Gasteiger partial charge >= 0.3 is 0 Å². The Bertz CT molecular complexity index is 600. The minimum atomic E-state index is -0.231. The van der Waals surface area contributed by atoms with Gasteiger partial charge in [-0.3, -0.25) is 0 Å². The molecule has 5 heteroatoms. The van der Waals surface area contributed by atoms with Crippen molar-refractivity contribution in [3.8, 4) is 0 Å². The molecule has 1 heterocycles. The zero-order valence-electron chi connectivity index (χ0n) is 10.9. The highest BCUT2D eigenvalue weighted by atomic mass is 32.1. The van der Waals surface area contributed by atoms with Crippen LogP contribution in [0.5, 0.6) is 0 Å². The van der Waals surface area contributed by atoms with Crippen molar-refractivity contribution in [1.29, 1.82) is 0 Å². The molecule has 2 rings (SSSR count). The van der Waals surface area contributed by atoms with Gasteiger partial charge in [-0.15, -0.1) is 0 Å². The van der Waals surface area contributed by atoms with Crippen LogP contribution < -0.4 is 0 Å². The zero-order chi connectivity index (χ0) is 13.3. The first-order valence-electron chi connectivity index (χ1n) is 6.03. The highest BCUT2D eigenvalue weighted by Crippen LogP contribution is 2.22. The highest BCUT2D eigenvalue weighted by Gasteiger charge is 2.12. The molecule has 0 bridgehead atoms. The third kappa shape index (κ3) is 2.62. The van der Waals surface area contributed by atoms with Gasteiger partial charge in [-0.2, -0.15) is 0 Å². The van der Waals surface area contributed by atoms with E-state index in [1.165, 1.54) is 12.1 Å². The summed E-state index contributed by atoms with van der Waals surface area (Å²) >= 11 is 5.32.